The van der Waals surface area contributed by atoms with Gasteiger partial charge < -0.3 is 10.1 Å². The number of aromatic nitrogens is 1. The van der Waals surface area contributed by atoms with Gasteiger partial charge in [0.2, 0.25) is 5.88 Å². The van der Waals surface area contributed by atoms with E-state index in [2.05, 4.69) is 42.3 Å². The number of aryl methyl sites for hydroxylation is 2. The molecule has 0 atom stereocenters. The van der Waals surface area contributed by atoms with Crippen LogP contribution in [0.3, 0.4) is 0 Å². The summed E-state index contributed by atoms with van der Waals surface area (Å²) in [4.78, 5) is 4.53. The Hall–Kier alpha value is -1.87. The highest BCUT2D eigenvalue weighted by Gasteiger charge is 2.04. The molecule has 2 aromatic rings. The van der Waals surface area contributed by atoms with E-state index in [1.54, 1.807) is 0 Å². The molecule has 1 aromatic heterocycles. The Labute approximate surface area is 127 Å². The van der Waals surface area contributed by atoms with Gasteiger partial charge in [-0.15, -0.1) is 0 Å². The summed E-state index contributed by atoms with van der Waals surface area (Å²) in [6.45, 7) is 8.22. The maximum Gasteiger partial charge on any atom is 0.219 e. The molecular formula is C18H24N2O. The Morgan fingerprint density at radius 2 is 1.81 bits per heavy atom. The van der Waals surface area contributed by atoms with E-state index in [1.807, 2.05) is 25.1 Å². The summed E-state index contributed by atoms with van der Waals surface area (Å²) in [5.74, 6) is 1.48. The first-order chi connectivity index (χ1) is 10.2. The Kier molecular flexibility index (Phi) is 5.76. The lowest BCUT2D eigenvalue weighted by molar-refractivity contribution is 0.460. The average molecular weight is 284 g/mol. The molecule has 21 heavy (non-hydrogen) atoms. The van der Waals surface area contributed by atoms with Crippen molar-refractivity contribution in [3.8, 4) is 11.6 Å². The van der Waals surface area contributed by atoms with Gasteiger partial charge in [-0.3, -0.25) is 0 Å². The van der Waals surface area contributed by atoms with Gasteiger partial charge in [-0.1, -0.05) is 32.0 Å². The molecule has 0 amide bonds. The molecule has 1 aromatic carbocycles. The molecule has 0 bridgehead atoms. The van der Waals surface area contributed by atoms with Crippen LogP contribution in [0, 0.1) is 6.92 Å². The van der Waals surface area contributed by atoms with Crippen LogP contribution in [0.2, 0.25) is 0 Å². The third kappa shape index (κ3) is 4.57. The Bertz CT molecular complexity index is 564. The van der Waals surface area contributed by atoms with Gasteiger partial charge in [-0.2, -0.15) is 0 Å². The third-order valence-corrected chi connectivity index (χ3v) is 3.47. The lowest BCUT2D eigenvalue weighted by Crippen LogP contribution is -2.15. The number of ether oxygens (including phenoxy) is 1. The average Bonchev–Trinajstić information content (AvgIpc) is 2.50. The van der Waals surface area contributed by atoms with Crippen molar-refractivity contribution in [2.24, 2.45) is 0 Å². The van der Waals surface area contributed by atoms with Crippen molar-refractivity contribution in [2.75, 3.05) is 6.54 Å². The number of nitrogens with zero attached hydrogens (tertiary/aromatic N) is 1. The quantitative estimate of drug-likeness (QED) is 0.772. The second-order valence-corrected chi connectivity index (χ2v) is 5.17. The van der Waals surface area contributed by atoms with E-state index < -0.39 is 0 Å². The van der Waals surface area contributed by atoms with E-state index in [9.17, 15) is 0 Å². The summed E-state index contributed by atoms with van der Waals surface area (Å²) in [6.07, 6.45) is 2.18. The highest BCUT2D eigenvalue weighted by molar-refractivity contribution is 5.32. The fourth-order valence-corrected chi connectivity index (χ4v) is 2.12. The van der Waals surface area contributed by atoms with Crippen LogP contribution < -0.4 is 10.1 Å². The first-order valence-corrected chi connectivity index (χ1v) is 7.67. The topological polar surface area (TPSA) is 34.1 Å². The molecule has 0 saturated carbocycles. The van der Waals surface area contributed by atoms with E-state index in [0.717, 1.165) is 37.4 Å². The summed E-state index contributed by atoms with van der Waals surface area (Å²) < 4.78 is 5.81. The van der Waals surface area contributed by atoms with E-state index in [4.69, 9.17) is 4.74 Å². The number of rotatable bonds is 7. The molecule has 0 radical (unpaired) electrons. The van der Waals surface area contributed by atoms with Gasteiger partial charge in [0.15, 0.2) is 0 Å². The molecule has 1 heterocycles. The molecule has 0 aliphatic carbocycles. The largest absolute Gasteiger partial charge is 0.439 e. The van der Waals surface area contributed by atoms with Gasteiger partial charge in [-0.05, 0) is 49.6 Å². The number of hydrogen-bond acceptors (Lipinski definition) is 3. The minimum absolute atomic E-state index is 0.649. The zero-order chi connectivity index (χ0) is 15.1. The van der Waals surface area contributed by atoms with Crippen molar-refractivity contribution in [2.45, 2.75) is 40.2 Å². The summed E-state index contributed by atoms with van der Waals surface area (Å²) in [5.41, 5.74) is 3.54. The lowest BCUT2D eigenvalue weighted by atomic mass is 10.2. The van der Waals surface area contributed by atoms with Crippen LogP contribution in [0.25, 0.3) is 0 Å². The van der Waals surface area contributed by atoms with Gasteiger partial charge in [0.1, 0.15) is 5.75 Å². The summed E-state index contributed by atoms with van der Waals surface area (Å²) in [5, 5.41) is 3.39. The fourth-order valence-electron chi connectivity index (χ4n) is 2.12. The molecule has 0 fully saturated rings. The maximum atomic E-state index is 5.81. The van der Waals surface area contributed by atoms with E-state index >= 15 is 0 Å². The summed E-state index contributed by atoms with van der Waals surface area (Å²) in [7, 11) is 0. The van der Waals surface area contributed by atoms with Crippen molar-refractivity contribution in [1.82, 2.24) is 10.3 Å². The molecule has 3 nitrogen and oxygen atoms in total. The van der Waals surface area contributed by atoms with E-state index in [-0.39, 0.29) is 0 Å². The van der Waals surface area contributed by atoms with Crippen molar-refractivity contribution >= 4 is 0 Å². The van der Waals surface area contributed by atoms with Crippen molar-refractivity contribution < 1.29 is 4.74 Å². The second kappa shape index (κ2) is 7.79. The Morgan fingerprint density at radius 3 is 2.43 bits per heavy atom. The Morgan fingerprint density at radius 1 is 1.05 bits per heavy atom. The van der Waals surface area contributed by atoms with Crippen LogP contribution >= 0.6 is 0 Å². The van der Waals surface area contributed by atoms with Crippen molar-refractivity contribution in [3.63, 3.8) is 0 Å². The molecule has 0 spiro atoms. The minimum Gasteiger partial charge on any atom is -0.439 e. The van der Waals surface area contributed by atoms with Crippen LogP contribution in [-0.2, 0) is 13.0 Å². The zero-order valence-corrected chi connectivity index (χ0v) is 13.1. The number of benzene rings is 1. The summed E-state index contributed by atoms with van der Waals surface area (Å²) in [6, 6.07) is 12.2. The number of hydrogen-bond donors (Lipinski definition) is 1. The number of pyridine rings is 1. The predicted molar refractivity (Wildman–Crippen MR) is 86.9 cm³/mol. The monoisotopic (exact) mass is 284 g/mol. The van der Waals surface area contributed by atoms with Crippen molar-refractivity contribution in [1.29, 1.82) is 0 Å². The van der Waals surface area contributed by atoms with Crippen LogP contribution in [0.5, 0.6) is 11.6 Å². The van der Waals surface area contributed by atoms with Gasteiger partial charge in [0.25, 0.3) is 0 Å². The smallest absolute Gasteiger partial charge is 0.219 e. The molecule has 2 rings (SSSR count). The predicted octanol–water partition coefficient (Wildman–Crippen LogP) is 4.24. The van der Waals surface area contributed by atoms with Crippen LogP contribution in [-0.4, -0.2) is 11.5 Å². The fraction of sp³-hybridized carbons (Fsp3) is 0.389. The maximum absolute atomic E-state index is 5.81. The first kappa shape index (κ1) is 15.5. The van der Waals surface area contributed by atoms with Gasteiger partial charge >= 0.3 is 0 Å². The Balaban J connectivity index is 2.01. The van der Waals surface area contributed by atoms with Gasteiger partial charge in [-0.25, -0.2) is 4.98 Å². The van der Waals surface area contributed by atoms with E-state index in [0.29, 0.717) is 5.88 Å². The standard InChI is InChI=1S/C18H24N2O/c1-4-12-19-13-16-8-11-18(20-14(16)3)21-17-9-6-15(5-2)7-10-17/h6-11,19H,4-5,12-13H2,1-3H3. The van der Waals surface area contributed by atoms with Crippen LogP contribution in [0.15, 0.2) is 36.4 Å². The third-order valence-electron chi connectivity index (χ3n) is 3.47. The molecule has 0 aliphatic rings. The second-order valence-electron chi connectivity index (χ2n) is 5.17. The van der Waals surface area contributed by atoms with E-state index in [1.165, 1.54) is 11.1 Å². The molecule has 0 saturated heterocycles. The normalized spacial score (nSPS) is 10.6. The first-order valence-electron chi connectivity index (χ1n) is 7.67. The molecule has 1 N–H and O–H groups in total. The lowest BCUT2D eigenvalue weighted by Gasteiger charge is -2.10. The van der Waals surface area contributed by atoms with Gasteiger partial charge in [0, 0.05) is 18.3 Å². The molecule has 0 aliphatic heterocycles. The SMILES string of the molecule is CCCNCc1ccc(Oc2ccc(CC)cc2)nc1C. The minimum atomic E-state index is 0.649. The van der Waals surface area contributed by atoms with Crippen LogP contribution in [0.1, 0.15) is 37.1 Å². The highest BCUT2D eigenvalue weighted by Crippen LogP contribution is 2.21. The molecule has 3 heteroatoms. The van der Waals surface area contributed by atoms with Gasteiger partial charge in [0.05, 0.1) is 0 Å². The van der Waals surface area contributed by atoms with Crippen molar-refractivity contribution in [3.05, 3.63) is 53.2 Å². The molecule has 0 unspecified atom stereocenters. The highest BCUT2D eigenvalue weighted by atomic mass is 16.5. The molecule has 112 valence electrons. The summed E-state index contributed by atoms with van der Waals surface area (Å²) >= 11 is 0. The number of nitrogens with one attached hydrogen (secondary N) is 1. The molecular weight excluding hydrogens is 260 g/mol. The zero-order valence-electron chi connectivity index (χ0n) is 13.1. The van der Waals surface area contributed by atoms with Crippen LogP contribution in [0.4, 0.5) is 0 Å².